The number of nitrogens with two attached hydrogens (primary N) is 1. The molecular weight excluding hydrogens is 296 g/mol. The third-order valence-corrected chi connectivity index (χ3v) is 3.59. The van der Waals surface area contributed by atoms with Gasteiger partial charge in [0.05, 0.1) is 21.3 Å². The van der Waals surface area contributed by atoms with Gasteiger partial charge in [-0.3, -0.25) is 14.8 Å². The van der Waals surface area contributed by atoms with Crippen molar-refractivity contribution in [3.05, 3.63) is 50.3 Å². The third kappa shape index (κ3) is 3.14. The molecule has 0 spiro atoms. The number of nitrogens with zero attached hydrogens (tertiary/aromatic N) is 3. The molecule has 0 amide bonds. The van der Waals surface area contributed by atoms with E-state index in [0.717, 1.165) is 11.4 Å². The Hall–Kier alpha value is -2.12. The van der Waals surface area contributed by atoms with Crippen molar-refractivity contribution in [2.24, 2.45) is 12.8 Å². The van der Waals surface area contributed by atoms with Gasteiger partial charge in [0, 0.05) is 31.3 Å². The van der Waals surface area contributed by atoms with E-state index in [-0.39, 0.29) is 18.8 Å². The van der Waals surface area contributed by atoms with E-state index < -0.39 is 4.92 Å². The van der Waals surface area contributed by atoms with Crippen LogP contribution in [0.15, 0.2) is 18.2 Å². The second kappa shape index (κ2) is 6.11. The Morgan fingerprint density at radius 2 is 2.24 bits per heavy atom. The molecule has 21 heavy (non-hydrogen) atoms. The van der Waals surface area contributed by atoms with Crippen LogP contribution in [0.4, 0.5) is 5.69 Å². The third-order valence-electron chi connectivity index (χ3n) is 3.10. The smallest absolute Gasteiger partial charge is 0.270 e. The Bertz CT molecular complexity index is 684. The van der Waals surface area contributed by atoms with Crippen LogP contribution in [0.1, 0.15) is 17.0 Å². The van der Waals surface area contributed by atoms with Gasteiger partial charge in [0.15, 0.2) is 0 Å². The number of halogens is 1. The Kier molecular flexibility index (Phi) is 4.44. The highest BCUT2D eigenvalue weighted by molar-refractivity contribution is 6.31. The van der Waals surface area contributed by atoms with Crippen molar-refractivity contribution in [3.8, 4) is 5.75 Å². The standard InChI is InChI=1S/C13H15ClN4O3/c1-8-13(14)11(17(2)16-8)7-21-12-4-3-10(18(19)20)5-9(12)6-15/h3-5H,6-7,15H2,1-2H3. The summed E-state index contributed by atoms with van der Waals surface area (Å²) in [6, 6.07) is 4.33. The lowest BCUT2D eigenvalue weighted by atomic mass is 10.2. The largest absolute Gasteiger partial charge is 0.487 e. The molecule has 8 heteroatoms. The maximum absolute atomic E-state index is 10.7. The van der Waals surface area contributed by atoms with Gasteiger partial charge >= 0.3 is 0 Å². The van der Waals surface area contributed by atoms with Crippen molar-refractivity contribution in [2.45, 2.75) is 20.1 Å². The van der Waals surface area contributed by atoms with Gasteiger partial charge < -0.3 is 10.5 Å². The van der Waals surface area contributed by atoms with E-state index in [1.807, 2.05) is 6.92 Å². The van der Waals surface area contributed by atoms with Crippen molar-refractivity contribution in [3.63, 3.8) is 0 Å². The van der Waals surface area contributed by atoms with Gasteiger partial charge in [-0.25, -0.2) is 0 Å². The summed E-state index contributed by atoms with van der Waals surface area (Å²) in [4.78, 5) is 10.3. The predicted molar refractivity (Wildman–Crippen MR) is 78.3 cm³/mol. The molecule has 112 valence electrons. The quantitative estimate of drug-likeness (QED) is 0.675. The number of non-ortho nitro benzene ring substituents is 1. The minimum Gasteiger partial charge on any atom is -0.487 e. The fourth-order valence-electron chi connectivity index (χ4n) is 1.96. The summed E-state index contributed by atoms with van der Waals surface area (Å²) in [7, 11) is 1.78. The zero-order valence-corrected chi connectivity index (χ0v) is 12.4. The summed E-state index contributed by atoms with van der Waals surface area (Å²) in [6.07, 6.45) is 0. The molecule has 0 fully saturated rings. The molecule has 0 bridgehead atoms. The van der Waals surface area contributed by atoms with Crippen LogP contribution < -0.4 is 10.5 Å². The van der Waals surface area contributed by atoms with Crippen molar-refractivity contribution < 1.29 is 9.66 Å². The van der Waals surface area contributed by atoms with Gasteiger partial charge in [0.25, 0.3) is 5.69 Å². The summed E-state index contributed by atoms with van der Waals surface area (Å²) in [6.45, 7) is 2.17. The first kappa shape index (κ1) is 15.3. The van der Waals surface area contributed by atoms with Crippen LogP contribution in [0, 0.1) is 17.0 Å². The fraction of sp³-hybridized carbons (Fsp3) is 0.308. The molecule has 7 nitrogen and oxygen atoms in total. The lowest BCUT2D eigenvalue weighted by Gasteiger charge is -2.10. The average Bonchev–Trinajstić information content (AvgIpc) is 2.70. The number of nitro groups is 1. The van der Waals surface area contributed by atoms with E-state index in [9.17, 15) is 10.1 Å². The Morgan fingerprint density at radius 3 is 2.76 bits per heavy atom. The van der Waals surface area contributed by atoms with Gasteiger partial charge in [-0.2, -0.15) is 5.10 Å². The molecular formula is C13H15ClN4O3. The molecule has 1 aromatic heterocycles. The average molecular weight is 311 g/mol. The van der Waals surface area contributed by atoms with E-state index >= 15 is 0 Å². The molecule has 1 heterocycles. The fourth-order valence-corrected chi connectivity index (χ4v) is 2.18. The molecule has 0 aliphatic carbocycles. The summed E-state index contributed by atoms with van der Waals surface area (Å²) in [5.41, 5.74) is 7.61. The number of ether oxygens (including phenoxy) is 1. The first-order chi connectivity index (χ1) is 9.93. The van der Waals surface area contributed by atoms with Gasteiger partial charge in [-0.15, -0.1) is 0 Å². The van der Waals surface area contributed by atoms with Crippen molar-refractivity contribution in [1.29, 1.82) is 0 Å². The van der Waals surface area contributed by atoms with Crippen LogP contribution in [-0.4, -0.2) is 14.7 Å². The number of benzene rings is 1. The lowest BCUT2D eigenvalue weighted by molar-refractivity contribution is -0.384. The van der Waals surface area contributed by atoms with Gasteiger partial charge in [-0.1, -0.05) is 11.6 Å². The second-order valence-electron chi connectivity index (χ2n) is 4.51. The SMILES string of the molecule is Cc1nn(C)c(COc2ccc([N+](=O)[O-])cc2CN)c1Cl. The number of aromatic nitrogens is 2. The second-order valence-corrected chi connectivity index (χ2v) is 4.89. The van der Waals surface area contributed by atoms with Gasteiger partial charge in [0.1, 0.15) is 12.4 Å². The molecule has 2 rings (SSSR count). The molecule has 1 aromatic carbocycles. The van der Waals surface area contributed by atoms with Crippen molar-refractivity contribution >= 4 is 17.3 Å². The highest BCUT2D eigenvalue weighted by Crippen LogP contribution is 2.26. The van der Waals surface area contributed by atoms with E-state index in [0.29, 0.717) is 16.3 Å². The Balaban J connectivity index is 2.22. The molecule has 0 aliphatic rings. The number of hydrogen-bond donors (Lipinski definition) is 1. The van der Waals surface area contributed by atoms with E-state index in [2.05, 4.69) is 5.10 Å². The van der Waals surface area contributed by atoms with Gasteiger partial charge in [-0.05, 0) is 13.0 Å². The summed E-state index contributed by atoms with van der Waals surface area (Å²) >= 11 is 6.14. The molecule has 0 unspecified atom stereocenters. The Morgan fingerprint density at radius 1 is 1.52 bits per heavy atom. The monoisotopic (exact) mass is 310 g/mol. The molecule has 0 atom stereocenters. The summed E-state index contributed by atoms with van der Waals surface area (Å²) in [5, 5.41) is 15.5. The number of rotatable bonds is 5. The highest BCUT2D eigenvalue weighted by atomic mass is 35.5. The minimum atomic E-state index is -0.468. The molecule has 0 aliphatic heterocycles. The molecule has 0 radical (unpaired) electrons. The number of nitro benzene ring substituents is 1. The van der Waals surface area contributed by atoms with Crippen LogP contribution in [0.3, 0.4) is 0 Å². The summed E-state index contributed by atoms with van der Waals surface area (Å²) < 4.78 is 7.32. The zero-order chi connectivity index (χ0) is 15.6. The van der Waals surface area contributed by atoms with Crippen LogP contribution >= 0.6 is 11.6 Å². The number of aryl methyl sites for hydroxylation is 2. The van der Waals surface area contributed by atoms with Crippen LogP contribution in [0.2, 0.25) is 5.02 Å². The summed E-state index contributed by atoms with van der Waals surface area (Å²) in [5.74, 6) is 0.498. The predicted octanol–water partition coefficient (Wildman–Crippen LogP) is 2.33. The van der Waals surface area contributed by atoms with Crippen LogP contribution in [-0.2, 0) is 20.2 Å². The molecule has 0 saturated heterocycles. The van der Waals surface area contributed by atoms with Crippen molar-refractivity contribution in [1.82, 2.24) is 9.78 Å². The van der Waals surface area contributed by atoms with E-state index in [4.69, 9.17) is 22.1 Å². The topological polar surface area (TPSA) is 96.2 Å². The minimum absolute atomic E-state index is 0.0165. The van der Waals surface area contributed by atoms with Crippen molar-refractivity contribution in [2.75, 3.05) is 0 Å². The molecule has 2 aromatic rings. The molecule has 2 N–H and O–H groups in total. The van der Waals surface area contributed by atoms with Crippen LogP contribution in [0.5, 0.6) is 5.75 Å². The Labute approximate surface area is 126 Å². The molecule has 0 saturated carbocycles. The maximum Gasteiger partial charge on any atom is 0.270 e. The zero-order valence-electron chi connectivity index (χ0n) is 11.7. The first-order valence-corrected chi connectivity index (χ1v) is 6.60. The lowest BCUT2D eigenvalue weighted by Crippen LogP contribution is -2.07. The highest BCUT2D eigenvalue weighted by Gasteiger charge is 2.14. The maximum atomic E-state index is 10.7. The van der Waals surface area contributed by atoms with E-state index in [1.54, 1.807) is 11.7 Å². The van der Waals surface area contributed by atoms with E-state index in [1.165, 1.54) is 18.2 Å². The van der Waals surface area contributed by atoms with Crippen LogP contribution in [0.25, 0.3) is 0 Å². The first-order valence-electron chi connectivity index (χ1n) is 6.22. The number of hydrogen-bond acceptors (Lipinski definition) is 5. The normalized spacial score (nSPS) is 10.7. The van der Waals surface area contributed by atoms with Gasteiger partial charge in [0.2, 0.25) is 0 Å².